The summed E-state index contributed by atoms with van der Waals surface area (Å²) in [5, 5.41) is 5.36. The van der Waals surface area contributed by atoms with Crippen LogP contribution in [0.15, 0.2) is 48.5 Å². The van der Waals surface area contributed by atoms with Crippen molar-refractivity contribution in [1.82, 2.24) is 0 Å². The van der Waals surface area contributed by atoms with Gasteiger partial charge in [-0.1, -0.05) is 39.0 Å². The van der Waals surface area contributed by atoms with E-state index < -0.39 is 24.5 Å². The molecule has 0 aliphatic heterocycles. The van der Waals surface area contributed by atoms with Crippen molar-refractivity contribution in [3.05, 3.63) is 59.7 Å². The summed E-state index contributed by atoms with van der Waals surface area (Å²) >= 11 is 0. The number of benzene rings is 2. The minimum Gasteiger partial charge on any atom is -0.462 e. The maximum absolute atomic E-state index is 12.1. The second-order valence-corrected chi connectivity index (χ2v) is 7.84. The number of ether oxygens (including phenoxy) is 2. The fourth-order valence-corrected chi connectivity index (χ4v) is 2.81. The lowest BCUT2D eigenvalue weighted by molar-refractivity contribution is -0.147. The first-order valence-corrected chi connectivity index (χ1v) is 10.9. The van der Waals surface area contributed by atoms with Gasteiger partial charge in [0.1, 0.15) is 0 Å². The molecule has 0 aliphatic rings. The number of para-hydroxylation sites is 1. The van der Waals surface area contributed by atoms with Crippen molar-refractivity contribution in [2.75, 3.05) is 23.8 Å². The summed E-state index contributed by atoms with van der Waals surface area (Å²) in [7, 11) is 0. The van der Waals surface area contributed by atoms with Crippen molar-refractivity contribution in [1.29, 1.82) is 0 Å². The predicted molar refractivity (Wildman–Crippen MR) is 125 cm³/mol. The Balaban J connectivity index is 1.70. The highest BCUT2D eigenvalue weighted by Crippen LogP contribution is 2.16. The van der Waals surface area contributed by atoms with Gasteiger partial charge in [-0.25, -0.2) is 4.79 Å². The Bertz CT molecular complexity index is 969. The van der Waals surface area contributed by atoms with Gasteiger partial charge in [-0.05, 0) is 48.2 Å². The molecule has 0 heterocycles. The summed E-state index contributed by atoms with van der Waals surface area (Å²) in [4.78, 5) is 47.9. The summed E-state index contributed by atoms with van der Waals surface area (Å²) in [5.74, 6) is -1.67. The van der Waals surface area contributed by atoms with E-state index in [4.69, 9.17) is 9.47 Å². The zero-order valence-corrected chi connectivity index (χ0v) is 19.2. The molecule has 2 amide bonds. The molecule has 2 aromatic carbocycles. The van der Waals surface area contributed by atoms with E-state index in [1.165, 1.54) is 0 Å². The molecule has 0 fully saturated rings. The zero-order chi connectivity index (χ0) is 24.2. The van der Waals surface area contributed by atoms with Crippen LogP contribution < -0.4 is 10.6 Å². The summed E-state index contributed by atoms with van der Waals surface area (Å²) in [6.45, 7) is 5.73. The number of amides is 2. The molecule has 0 atom stereocenters. The molecule has 0 radical (unpaired) electrons. The standard InChI is InChI=1S/C25H30N2O6/c1-4-18-7-5-6-8-21(18)27-22(28)13-14-24(30)32-16-23(29)26-20-11-9-19(10-12-20)25(31)33-15-17(2)3/h5-12,17H,4,13-16H2,1-3H3,(H,26,29)(H,27,28). The average molecular weight is 455 g/mol. The van der Waals surface area contributed by atoms with Gasteiger partial charge in [0.05, 0.1) is 18.6 Å². The van der Waals surface area contributed by atoms with Crippen molar-refractivity contribution >= 4 is 35.1 Å². The summed E-state index contributed by atoms with van der Waals surface area (Å²) in [5.41, 5.74) is 2.55. The van der Waals surface area contributed by atoms with E-state index in [2.05, 4.69) is 10.6 Å². The maximum Gasteiger partial charge on any atom is 0.338 e. The Morgan fingerprint density at radius 1 is 0.848 bits per heavy atom. The van der Waals surface area contributed by atoms with Crippen molar-refractivity contribution in [3.63, 3.8) is 0 Å². The van der Waals surface area contributed by atoms with Crippen LogP contribution in [0.2, 0.25) is 0 Å². The fourth-order valence-electron chi connectivity index (χ4n) is 2.81. The second kappa shape index (κ2) is 13.0. The predicted octanol–water partition coefficient (Wildman–Crippen LogP) is 3.96. The number of esters is 2. The van der Waals surface area contributed by atoms with E-state index in [1.807, 2.05) is 39.0 Å². The highest BCUT2D eigenvalue weighted by atomic mass is 16.5. The monoisotopic (exact) mass is 454 g/mol. The van der Waals surface area contributed by atoms with Gasteiger partial charge in [0.25, 0.3) is 5.91 Å². The van der Waals surface area contributed by atoms with E-state index in [-0.39, 0.29) is 24.7 Å². The minimum absolute atomic E-state index is 0.0487. The summed E-state index contributed by atoms with van der Waals surface area (Å²) in [6.07, 6.45) is 0.589. The van der Waals surface area contributed by atoms with Crippen molar-refractivity contribution in [2.45, 2.75) is 40.0 Å². The van der Waals surface area contributed by atoms with E-state index in [0.717, 1.165) is 17.7 Å². The Kier molecular flexibility index (Phi) is 10.1. The number of aryl methyl sites for hydroxylation is 1. The van der Waals surface area contributed by atoms with E-state index in [1.54, 1.807) is 30.3 Å². The molecule has 0 unspecified atom stereocenters. The molecule has 0 aliphatic carbocycles. The molecule has 0 spiro atoms. The summed E-state index contributed by atoms with van der Waals surface area (Å²) < 4.78 is 10.1. The molecule has 0 saturated heterocycles. The smallest absolute Gasteiger partial charge is 0.338 e. The number of carbonyl (C=O) groups is 4. The van der Waals surface area contributed by atoms with Crippen LogP contribution in [-0.2, 0) is 30.3 Å². The van der Waals surface area contributed by atoms with E-state index in [9.17, 15) is 19.2 Å². The van der Waals surface area contributed by atoms with Crippen LogP contribution >= 0.6 is 0 Å². The molecule has 2 rings (SSSR count). The van der Waals surface area contributed by atoms with E-state index in [0.29, 0.717) is 17.9 Å². The number of hydrogen-bond acceptors (Lipinski definition) is 6. The molecule has 33 heavy (non-hydrogen) atoms. The molecular weight excluding hydrogens is 424 g/mol. The van der Waals surface area contributed by atoms with Crippen molar-refractivity contribution in [3.8, 4) is 0 Å². The fraction of sp³-hybridized carbons (Fsp3) is 0.360. The van der Waals surface area contributed by atoms with Crippen LogP contribution in [0.25, 0.3) is 0 Å². The van der Waals surface area contributed by atoms with Gasteiger partial charge in [0, 0.05) is 17.8 Å². The van der Waals surface area contributed by atoms with Gasteiger partial charge < -0.3 is 20.1 Å². The number of carbonyl (C=O) groups excluding carboxylic acids is 4. The molecule has 8 heteroatoms. The Hall–Kier alpha value is -3.68. The quantitative estimate of drug-likeness (QED) is 0.497. The first-order valence-electron chi connectivity index (χ1n) is 10.9. The molecule has 0 bridgehead atoms. The number of anilines is 2. The van der Waals surface area contributed by atoms with Gasteiger partial charge >= 0.3 is 11.9 Å². The average Bonchev–Trinajstić information content (AvgIpc) is 2.80. The van der Waals surface area contributed by atoms with Crippen molar-refractivity contribution < 1.29 is 28.7 Å². The molecular formula is C25H30N2O6. The van der Waals surface area contributed by atoms with Crippen molar-refractivity contribution in [2.24, 2.45) is 5.92 Å². The number of rotatable bonds is 11. The van der Waals surface area contributed by atoms with Crippen LogP contribution in [0.1, 0.15) is 49.5 Å². The number of nitrogens with one attached hydrogen (secondary N) is 2. The third kappa shape index (κ3) is 9.14. The third-order valence-corrected chi connectivity index (χ3v) is 4.54. The molecule has 2 N–H and O–H groups in total. The third-order valence-electron chi connectivity index (χ3n) is 4.54. The Morgan fingerprint density at radius 3 is 2.21 bits per heavy atom. The van der Waals surface area contributed by atoms with Gasteiger partial charge in [-0.3, -0.25) is 14.4 Å². The Labute approximate surface area is 193 Å². The topological polar surface area (TPSA) is 111 Å². The number of hydrogen-bond donors (Lipinski definition) is 2. The highest BCUT2D eigenvalue weighted by molar-refractivity contribution is 5.95. The maximum atomic E-state index is 12.1. The zero-order valence-electron chi connectivity index (χ0n) is 19.2. The minimum atomic E-state index is -0.646. The van der Waals surface area contributed by atoms with Crippen LogP contribution in [0.3, 0.4) is 0 Å². The van der Waals surface area contributed by atoms with Crippen LogP contribution in [0, 0.1) is 5.92 Å². The highest BCUT2D eigenvalue weighted by Gasteiger charge is 2.13. The lowest BCUT2D eigenvalue weighted by Gasteiger charge is -2.10. The molecule has 2 aromatic rings. The second-order valence-electron chi connectivity index (χ2n) is 7.84. The lowest BCUT2D eigenvalue weighted by atomic mass is 10.1. The van der Waals surface area contributed by atoms with E-state index >= 15 is 0 Å². The van der Waals surface area contributed by atoms with Gasteiger partial charge in [0.15, 0.2) is 6.61 Å². The van der Waals surface area contributed by atoms with Gasteiger partial charge in [-0.15, -0.1) is 0 Å². The largest absolute Gasteiger partial charge is 0.462 e. The van der Waals surface area contributed by atoms with Crippen LogP contribution in [0.5, 0.6) is 0 Å². The van der Waals surface area contributed by atoms with Crippen LogP contribution in [-0.4, -0.2) is 37.0 Å². The molecule has 8 nitrogen and oxygen atoms in total. The Morgan fingerprint density at radius 2 is 1.55 bits per heavy atom. The van der Waals surface area contributed by atoms with Crippen LogP contribution in [0.4, 0.5) is 11.4 Å². The first kappa shape index (κ1) is 25.6. The summed E-state index contributed by atoms with van der Waals surface area (Å²) in [6, 6.07) is 13.7. The first-order chi connectivity index (χ1) is 15.8. The lowest BCUT2D eigenvalue weighted by Crippen LogP contribution is -2.22. The SMILES string of the molecule is CCc1ccccc1NC(=O)CCC(=O)OCC(=O)Nc1ccc(C(=O)OCC(C)C)cc1. The molecule has 0 saturated carbocycles. The molecule has 0 aromatic heterocycles. The van der Waals surface area contributed by atoms with Gasteiger partial charge in [0.2, 0.25) is 5.91 Å². The van der Waals surface area contributed by atoms with Gasteiger partial charge in [-0.2, -0.15) is 0 Å². The molecule has 176 valence electrons. The normalized spacial score (nSPS) is 10.4.